The summed E-state index contributed by atoms with van der Waals surface area (Å²) in [7, 11) is 2.27. The molecule has 0 bridgehead atoms. The van der Waals surface area contributed by atoms with Gasteiger partial charge in [-0.25, -0.2) is 0 Å². The van der Waals surface area contributed by atoms with Gasteiger partial charge in [-0.2, -0.15) is 0 Å². The van der Waals surface area contributed by atoms with E-state index >= 15 is 0 Å². The van der Waals surface area contributed by atoms with E-state index in [9.17, 15) is 0 Å². The van der Waals surface area contributed by atoms with Crippen LogP contribution >= 0.6 is 0 Å². The molecule has 2 rings (SSSR count). The Bertz CT molecular complexity index is 271. The maximum absolute atomic E-state index is 7.50. The fraction of sp³-hybridized carbons (Fsp3) is 0.929. The van der Waals surface area contributed by atoms with Crippen molar-refractivity contribution >= 4 is 5.84 Å². The van der Waals surface area contributed by atoms with Gasteiger partial charge in [-0.15, -0.1) is 0 Å². The van der Waals surface area contributed by atoms with E-state index in [1.807, 2.05) is 0 Å². The van der Waals surface area contributed by atoms with Gasteiger partial charge in [-0.1, -0.05) is 6.42 Å². The van der Waals surface area contributed by atoms with Gasteiger partial charge in [0, 0.05) is 12.0 Å². The molecule has 0 aliphatic carbocycles. The van der Waals surface area contributed by atoms with E-state index in [0.29, 0.717) is 11.8 Å². The highest BCUT2D eigenvalue weighted by Crippen LogP contribution is 2.20. The number of hydrogen-bond donors (Lipinski definition) is 2. The van der Waals surface area contributed by atoms with E-state index < -0.39 is 0 Å². The molecule has 2 fully saturated rings. The van der Waals surface area contributed by atoms with Gasteiger partial charge < -0.3 is 15.5 Å². The maximum atomic E-state index is 7.50. The van der Waals surface area contributed by atoms with Gasteiger partial charge in [0.2, 0.25) is 0 Å². The Morgan fingerprint density at radius 1 is 1.17 bits per heavy atom. The first kappa shape index (κ1) is 13.8. The van der Waals surface area contributed by atoms with Gasteiger partial charge >= 0.3 is 0 Å². The van der Waals surface area contributed by atoms with Crippen LogP contribution in [0.3, 0.4) is 0 Å². The van der Waals surface area contributed by atoms with E-state index in [0.717, 1.165) is 32.0 Å². The van der Waals surface area contributed by atoms with E-state index in [-0.39, 0.29) is 0 Å². The number of rotatable bonds is 4. The van der Waals surface area contributed by atoms with Crippen LogP contribution in [0, 0.1) is 11.3 Å². The minimum atomic E-state index is 0.346. The lowest BCUT2D eigenvalue weighted by Gasteiger charge is -2.36. The average Bonchev–Trinajstić information content (AvgIpc) is 2.38. The third-order valence-corrected chi connectivity index (χ3v) is 4.73. The molecular formula is C14H28N4. The summed E-state index contributed by atoms with van der Waals surface area (Å²) in [5, 5.41) is 7.50. The minimum Gasteiger partial charge on any atom is -0.387 e. The summed E-state index contributed by atoms with van der Waals surface area (Å²) in [6.45, 7) is 4.75. The number of amidine groups is 1. The molecule has 1 unspecified atom stereocenters. The number of nitrogens with one attached hydrogen (secondary N) is 1. The summed E-state index contributed by atoms with van der Waals surface area (Å²) in [6.07, 6.45) is 7.62. The molecule has 1 atom stereocenters. The van der Waals surface area contributed by atoms with Crippen molar-refractivity contribution in [2.75, 3.05) is 33.2 Å². The summed E-state index contributed by atoms with van der Waals surface area (Å²) in [5.41, 5.74) is 5.58. The predicted octanol–water partition coefficient (Wildman–Crippen LogP) is 1.51. The van der Waals surface area contributed by atoms with Gasteiger partial charge in [0.05, 0.1) is 5.84 Å². The minimum absolute atomic E-state index is 0.346. The molecule has 18 heavy (non-hydrogen) atoms. The summed E-state index contributed by atoms with van der Waals surface area (Å²) >= 11 is 0. The second-order valence-electron chi connectivity index (χ2n) is 5.99. The van der Waals surface area contributed by atoms with Gasteiger partial charge in [0.15, 0.2) is 0 Å². The largest absolute Gasteiger partial charge is 0.387 e. The van der Waals surface area contributed by atoms with Crippen molar-refractivity contribution in [3.05, 3.63) is 0 Å². The molecule has 0 amide bonds. The van der Waals surface area contributed by atoms with Crippen molar-refractivity contribution in [1.82, 2.24) is 9.80 Å². The lowest BCUT2D eigenvalue weighted by atomic mass is 9.95. The Hall–Kier alpha value is -0.610. The maximum Gasteiger partial charge on any atom is 0.0937 e. The molecular weight excluding hydrogens is 224 g/mol. The third kappa shape index (κ3) is 3.69. The molecule has 2 heterocycles. The van der Waals surface area contributed by atoms with Gasteiger partial charge in [-0.3, -0.25) is 5.41 Å². The molecule has 2 aliphatic heterocycles. The topological polar surface area (TPSA) is 56.4 Å². The van der Waals surface area contributed by atoms with Crippen molar-refractivity contribution in [3.8, 4) is 0 Å². The molecule has 0 radical (unpaired) electrons. The summed E-state index contributed by atoms with van der Waals surface area (Å²) in [6, 6.07) is 0.796. The predicted molar refractivity (Wildman–Crippen MR) is 76.0 cm³/mol. The number of nitrogens with two attached hydrogens (primary N) is 1. The first-order valence-corrected chi connectivity index (χ1v) is 7.43. The molecule has 0 aromatic carbocycles. The van der Waals surface area contributed by atoms with Crippen LogP contribution < -0.4 is 5.73 Å². The molecule has 104 valence electrons. The van der Waals surface area contributed by atoms with E-state index in [2.05, 4.69) is 16.8 Å². The van der Waals surface area contributed by atoms with Crippen molar-refractivity contribution in [2.24, 2.45) is 11.7 Å². The Kier molecular flexibility index (Phi) is 5.01. The Morgan fingerprint density at radius 3 is 2.50 bits per heavy atom. The van der Waals surface area contributed by atoms with Gasteiger partial charge in [0.1, 0.15) is 0 Å². The number of nitrogens with zero attached hydrogens (tertiary/aromatic N) is 2. The fourth-order valence-electron chi connectivity index (χ4n) is 3.31. The molecule has 0 aromatic heterocycles. The first-order valence-electron chi connectivity index (χ1n) is 7.43. The van der Waals surface area contributed by atoms with E-state index in [4.69, 9.17) is 11.1 Å². The molecule has 2 aliphatic rings. The van der Waals surface area contributed by atoms with Crippen molar-refractivity contribution in [3.63, 3.8) is 0 Å². The Morgan fingerprint density at radius 2 is 1.89 bits per heavy atom. The lowest BCUT2D eigenvalue weighted by molar-refractivity contribution is 0.141. The molecule has 4 heteroatoms. The average molecular weight is 252 g/mol. The zero-order chi connectivity index (χ0) is 13.0. The highest BCUT2D eigenvalue weighted by atomic mass is 15.2. The zero-order valence-electron chi connectivity index (χ0n) is 11.7. The van der Waals surface area contributed by atoms with Crippen LogP contribution in [0.5, 0.6) is 0 Å². The summed E-state index contributed by atoms with van der Waals surface area (Å²) in [4.78, 5) is 5.09. The highest BCUT2D eigenvalue weighted by molar-refractivity contribution is 5.79. The van der Waals surface area contributed by atoms with Crippen molar-refractivity contribution in [1.29, 1.82) is 5.41 Å². The van der Waals surface area contributed by atoms with Gasteiger partial charge in [-0.05, 0) is 65.3 Å². The quantitative estimate of drug-likeness (QED) is 0.589. The SMILES string of the molecule is CN1CCCCC1CCN1CCC(C(=N)N)CC1. The van der Waals surface area contributed by atoms with Gasteiger partial charge in [0.25, 0.3) is 0 Å². The number of piperidine rings is 2. The molecule has 3 N–H and O–H groups in total. The van der Waals surface area contributed by atoms with Crippen LogP contribution in [-0.4, -0.2) is 54.9 Å². The van der Waals surface area contributed by atoms with Crippen LogP contribution in [-0.2, 0) is 0 Å². The standard InChI is InChI=1S/C14H28N4/c1-17-8-3-2-4-13(17)7-11-18-9-5-12(6-10-18)14(15)16/h12-13H,2-11H2,1H3,(H3,15,16). The van der Waals surface area contributed by atoms with Crippen LogP contribution in [0.4, 0.5) is 0 Å². The van der Waals surface area contributed by atoms with E-state index in [1.165, 1.54) is 38.8 Å². The zero-order valence-corrected chi connectivity index (χ0v) is 11.7. The summed E-state index contributed by atoms with van der Waals surface area (Å²) in [5.74, 6) is 0.736. The van der Waals surface area contributed by atoms with Crippen LogP contribution in [0.15, 0.2) is 0 Å². The van der Waals surface area contributed by atoms with Crippen molar-refractivity contribution < 1.29 is 0 Å². The molecule has 2 saturated heterocycles. The molecule has 0 spiro atoms. The molecule has 4 nitrogen and oxygen atoms in total. The Labute approximate surface area is 111 Å². The second-order valence-corrected chi connectivity index (χ2v) is 5.99. The fourth-order valence-corrected chi connectivity index (χ4v) is 3.31. The molecule has 0 saturated carbocycles. The van der Waals surface area contributed by atoms with E-state index in [1.54, 1.807) is 0 Å². The number of hydrogen-bond acceptors (Lipinski definition) is 3. The molecule has 0 aromatic rings. The highest BCUT2D eigenvalue weighted by Gasteiger charge is 2.23. The van der Waals surface area contributed by atoms with Crippen LogP contribution in [0.1, 0.15) is 38.5 Å². The van der Waals surface area contributed by atoms with Crippen molar-refractivity contribution in [2.45, 2.75) is 44.6 Å². The second kappa shape index (κ2) is 6.53. The first-order chi connectivity index (χ1) is 8.66. The monoisotopic (exact) mass is 252 g/mol. The Balaban J connectivity index is 1.67. The third-order valence-electron chi connectivity index (χ3n) is 4.73. The number of likely N-dealkylation sites (tertiary alicyclic amines) is 2. The van der Waals surface area contributed by atoms with Crippen LogP contribution in [0.25, 0.3) is 0 Å². The lowest BCUT2D eigenvalue weighted by Crippen LogP contribution is -2.42. The van der Waals surface area contributed by atoms with Crippen LogP contribution in [0.2, 0.25) is 0 Å². The normalized spacial score (nSPS) is 28.4. The smallest absolute Gasteiger partial charge is 0.0937 e. The summed E-state index contributed by atoms with van der Waals surface area (Å²) < 4.78 is 0.